The maximum atomic E-state index is 14.3. The van der Waals surface area contributed by atoms with Crippen LogP contribution in [0.15, 0.2) is 24.3 Å². The average molecular weight is 593 g/mol. The summed E-state index contributed by atoms with van der Waals surface area (Å²) >= 11 is 0. The van der Waals surface area contributed by atoms with Gasteiger partial charge < -0.3 is 35.8 Å². The predicted molar refractivity (Wildman–Crippen MR) is 157 cm³/mol. The van der Waals surface area contributed by atoms with Crippen molar-refractivity contribution in [3.8, 4) is 5.75 Å². The van der Waals surface area contributed by atoms with Gasteiger partial charge in [-0.2, -0.15) is 0 Å². The van der Waals surface area contributed by atoms with Crippen molar-refractivity contribution in [3.05, 3.63) is 29.8 Å². The third-order valence-electron chi connectivity index (χ3n) is 6.23. The van der Waals surface area contributed by atoms with E-state index in [4.69, 9.17) is 15.2 Å². The number of rotatable bonds is 16. The number of carbonyl (C=O) groups excluding carboxylic acids is 5. The molecule has 0 saturated heterocycles. The van der Waals surface area contributed by atoms with Gasteiger partial charge in [0.15, 0.2) is 0 Å². The molecule has 1 aromatic carbocycles. The van der Waals surface area contributed by atoms with Gasteiger partial charge in [-0.05, 0) is 77.5 Å². The maximum Gasteiger partial charge on any atom is 0.408 e. The fourth-order valence-corrected chi connectivity index (χ4v) is 4.20. The van der Waals surface area contributed by atoms with Crippen LogP contribution in [-0.4, -0.2) is 70.6 Å². The van der Waals surface area contributed by atoms with Crippen molar-refractivity contribution in [2.45, 2.75) is 104 Å². The van der Waals surface area contributed by atoms with E-state index in [0.717, 1.165) is 6.42 Å². The molecule has 4 amide bonds. The van der Waals surface area contributed by atoms with E-state index < -0.39 is 53.5 Å². The Bertz CT molecular complexity index is 1050. The largest absolute Gasteiger partial charge is 0.508 e. The summed E-state index contributed by atoms with van der Waals surface area (Å²) in [4.78, 5) is 65.7. The summed E-state index contributed by atoms with van der Waals surface area (Å²) in [7, 11) is 0. The van der Waals surface area contributed by atoms with E-state index in [1.54, 1.807) is 34.6 Å². The van der Waals surface area contributed by atoms with Crippen LogP contribution in [-0.2, 0) is 28.7 Å². The van der Waals surface area contributed by atoms with Crippen LogP contribution in [0.4, 0.5) is 4.79 Å². The summed E-state index contributed by atoms with van der Waals surface area (Å²) in [5.74, 6) is -2.05. The van der Waals surface area contributed by atoms with Gasteiger partial charge in [-0.15, -0.1) is 0 Å². The van der Waals surface area contributed by atoms with Gasteiger partial charge in [0.05, 0.1) is 13.0 Å². The number of hydrogen-bond donors (Lipinski definition) is 4. The highest BCUT2D eigenvalue weighted by Crippen LogP contribution is 2.29. The second kappa shape index (κ2) is 17.2. The van der Waals surface area contributed by atoms with Crippen molar-refractivity contribution in [3.63, 3.8) is 0 Å². The van der Waals surface area contributed by atoms with Gasteiger partial charge in [0.25, 0.3) is 0 Å². The third-order valence-corrected chi connectivity index (χ3v) is 6.23. The van der Waals surface area contributed by atoms with Crippen molar-refractivity contribution < 1.29 is 38.6 Å². The number of nitrogens with one attached hydrogen (secondary N) is 2. The number of esters is 1. The molecule has 0 radical (unpaired) electrons. The lowest BCUT2D eigenvalue weighted by atomic mass is 9.96. The first-order valence-corrected chi connectivity index (χ1v) is 14.4. The maximum absolute atomic E-state index is 14.3. The summed E-state index contributed by atoms with van der Waals surface area (Å²) < 4.78 is 10.3. The normalized spacial score (nSPS) is 13.4. The monoisotopic (exact) mass is 592 g/mol. The lowest BCUT2D eigenvalue weighted by Gasteiger charge is -2.39. The molecule has 5 N–H and O–H groups in total. The van der Waals surface area contributed by atoms with Crippen LogP contribution in [0.25, 0.3) is 0 Å². The van der Waals surface area contributed by atoms with Gasteiger partial charge in [-0.25, -0.2) is 4.79 Å². The molecule has 236 valence electrons. The molecule has 3 atom stereocenters. The molecule has 12 nitrogen and oxygen atoms in total. The molecule has 3 unspecified atom stereocenters. The quantitative estimate of drug-likeness (QED) is 0.211. The van der Waals surface area contributed by atoms with Crippen LogP contribution in [0, 0.1) is 5.92 Å². The molecule has 0 saturated carbocycles. The summed E-state index contributed by atoms with van der Waals surface area (Å²) in [6, 6.07) is 2.93. The molecule has 0 aliphatic carbocycles. The molecular weight excluding hydrogens is 544 g/mol. The van der Waals surface area contributed by atoms with Crippen molar-refractivity contribution >= 4 is 29.8 Å². The standard InChI is InChI=1S/C30H48N4O8/c1-8-41-25(37)17-18-32-27(38)26(21-11-13-22(35)14-12-21)34(20(4)10-9-19(2)3)28(39)23(15-16-24(31)36)33-29(40)42-30(5,6)7/h11-14,19-20,23,26,35H,8-10,15-18H2,1-7H3,(H2,31,36)(H,32,38)(H,33,40). The van der Waals surface area contributed by atoms with E-state index in [1.165, 1.54) is 29.2 Å². The fraction of sp³-hybridized carbons (Fsp3) is 0.633. The Morgan fingerprint density at radius 3 is 2.12 bits per heavy atom. The number of alkyl carbamates (subject to hydrolysis) is 1. The van der Waals surface area contributed by atoms with Crippen molar-refractivity contribution in [1.29, 1.82) is 0 Å². The van der Waals surface area contributed by atoms with Gasteiger partial charge in [-0.1, -0.05) is 26.0 Å². The lowest BCUT2D eigenvalue weighted by molar-refractivity contribution is -0.146. The third kappa shape index (κ3) is 13.2. The molecule has 12 heteroatoms. The first-order chi connectivity index (χ1) is 19.5. The van der Waals surface area contributed by atoms with E-state index in [-0.39, 0.29) is 38.2 Å². The Balaban J connectivity index is 3.57. The number of benzene rings is 1. The number of carbonyl (C=O) groups is 5. The first-order valence-electron chi connectivity index (χ1n) is 14.4. The Labute approximate surface area is 248 Å². The molecular formula is C30H48N4O8. The van der Waals surface area contributed by atoms with E-state index in [2.05, 4.69) is 10.6 Å². The molecule has 42 heavy (non-hydrogen) atoms. The van der Waals surface area contributed by atoms with Crippen LogP contribution >= 0.6 is 0 Å². The van der Waals surface area contributed by atoms with Gasteiger partial charge in [0, 0.05) is 19.0 Å². The minimum absolute atomic E-state index is 0.0307. The van der Waals surface area contributed by atoms with Crippen LogP contribution in [0.5, 0.6) is 5.75 Å². The topological polar surface area (TPSA) is 177 Å². The van der Waals surface area contributed by atoms with E-state index in [9.17, 15) is 29.1 Å². The molecule has 0 fully saturated rings. The zero-order chi connectivity index (χ0) is 32.0. The molecule has 0 aliphatic rings. The van der Waals surface area contributed by atoms with Gasteiger partial charge in [0.1, 0.15) is 23.4 Å². The van der Waals surface area contributed by atoms with Crippen LogP contribution in [0.2, 0.25) is 0 Å². The molecule has 1 aromatic rings. The van der Waals surface area contributed by atoms with Crippen molar-refractivity contribution in [2.24, 2.45) is 11.7 Å². The van der Waals surface area contributed by atoms with Crippen LogP contribution in [0.1, 0.15) is 92.2 Å². The number of amides is 4. The number of primary amides is 1. The second-order valence-electron chi connectivity index (χ2n) is 11.6. The van der Waals surface area contributed by atoms with E-state index in [1.807, 2.05) is 13.8 Å². The summed E-state index contributed by atoms with van der Waals surface area (Å²) in [6.07, 6.45) is 0.0240. The number of ether oxygens (including phenoxy) is 2. The molecule has 0 aromatic heterocycles. The van der Waals surface area contributed by atoms with Gasteiger partial charge in [0.2, 0.25) is 17.7 Å². The number of nitrogens with zero attached hydrogens (tertiary/aromatic N) is 1. The molecule has 0 bridgehead atoms. The highest BCUT2D eigenvalue weighted by molar-refractivity contribution is 5.92. The summed E-state index contributed by atoms with van der Waals surface area (Å²) in [6.45, 7) is 12.8. The van der Waals surface area contributed by atoms with Gasteiger partial charge >= 0.3 is 12.1 Å². The summed E-state index contributed by atoms with van der Waals surface area (Å²) in [5, 5.41) is 15.2. The van der Waals surface area contributed by atoms with Crippen LogP contribution < -0.4 is 16.4 Å². The van der Waals surface area contributed by atoms with Crippen LogP contribution in [0.3, 0.4) is 0 Å². The Morgan fingerprint density at radius 1 is 0.976 bits per heavy atom. The number of phenols is 1. The van der Waals surface area contributed by atoms with E-state index >= 15 is 0 Å². The molecule has 0 aliphatic heterocycles. The molecule has 0 spiro atoms. The minimum Gasteiger partial charge on any atom is -0.508 e. The Hall–Kier alpha value is -3.83. The average Bonchev–Trinajstić information content (AvgIpc) is 2.87. The first kappa shape index (κ1) is 36.2. The predicted octanol–water partition coefficient (Wildman–Crippen LogP) is 3.31. The lowest BCUT2D eigenvalue weighted by Crippen LogP contribution is -2.55. The molecule has 0 heterocycles. The summed E-state index contributed by atoms with van der Waals surface area (Å²) in [5.41, 5.74) is 4.92. The molecule has 1 rings (SSSR count). The zero-order valence-corrected chi connectivity index (χ0v) is 25.9. The fourth-order valence-electron chi connectivity index (χ4n) is 4.20. The smallest absolute Gasteiger partial charge is 0.408 e. The number of phenolic OH excluding ortho intramolecular Hbond substituents is 1. The highest BCUT2D eigenvalue weighted by atomic mass is 16.6. The number of nitrogens with two attached hydrogens (primary N) is 1. The minimum atomic E-state index is -1.24. The van der Waals surface area contributed by atoms with Gasteiger partial charge in [-0.3, -0.25) is 19.2 Å². The second-order valence-corrected chi connectivity index (χ2v) is 11.6. The SMILES string of the molecule is CCOC(=O)CCNC(=O)C(c1ccc(O)cc1)N(C(=O)C(CCC(N)=O)NC(=O)OC(C)(C)C)C(C)CCC(C)C. The number of aromatic hydroxyl groups is 1. The number of hydrogen-bond acceptors (Lipinski definition) is 8. The zero-order valence-electron chi connectivity index (χ0n) is 25.9. The Morgan fingerprint density at radius 2 is 1.60 bits per heavy atom. The van der Waals surface area contributed by atoms with E-state index in [0.29, 0.717) is 17.9 Å². The Kier molecular flexibility index (Phi) is 14.8. The van der Waals surface area contributed by atoms with Crippen molar-refractivity contribution in [1.82, 2.24) is 15.5 Å². The highest BCUT2D eigenvalue weighted by Gasteiger charge is 2.39. The van der Waals surface area contributed by atoms with Crippen molar-refractivity contribution in [2.75, 3.05) is 13.2 Å².